The van der Waals surface area contributed by atoms with E-state index in [1.54, 1.807) is 13.8 Å². The highest BCUT2D eigenvalue weighted by Gasteiger charge is 2.21. The zero-order valence-corrected chi connectivity index (χ0v) is 8.61. The van der Waals surface area contributed by atoms with Crippen LogP contribution < -0.4 is 16.4 Å². The van der Waals surface area contributed by atoms with E-state index in [2.05, 4.69) is 10.6 Å². The van der Waals surface area contributed by atoms with Crippen LogP contribution in [0.4, 0.5) is 4.79 Å². The Morgan fingerprint density at radius 3 is 2.20 bits per heavy atom. The van der Waals surface area contributed by atoms with Crippen molar-refractivity contribution in [2.24, 2.45) is 11.7 Å². The number of hydrogen-bond acceptors (Lipinski definition) is 3. The number of amides is 3. The Hall–Kier alpha value is -1.79. The van der Waals surface area contributed by atoms with Crippen molar-refractivity contribution >= 4 is 17.9 Å². The van der Waals surface area contributed by atoms with Crippen molar-refractivity contribution in [3.63, 3.8) is 0 Å². The van der Waals surface area contributed by atoms with Gasteiger partial charge in [0.05, 0.1) is 0 Å². The highest BCUT2D eigenvalue weighted by atomic mass is 16.4. The molecule has 0 aliphatic carbocycles. The number of carbonyl (C=O) groups is 3. The molecule has 0 saturated carbocycles. The van der Waals surface area contributed by atoms with Gasteiger partial charge in [0.1, 0.15) is 12.6 Å². The highest BCUT2D eigenvalue weighted by molar-refractivity contribution is 5.87. The lowest BCUT2D eigenvalue weighted by atomic mass is 10.0. The summed E-state index contributed by atoms with van der Waals surface area (Å²) < 4.78 is 0. The van der Waals surface area contributed by atoms with E-state index in [0.29, 0.717) is 0 Å². The number of nitrogens with two attached hydrogens (primary N) is 1. The predicted molar refractivity (Wildman–Crippen MR) is 52.0 cm³/mol. The average molecular weight is 217 g/mol. The zero-order chi connectivity index (χ0) is 12.0. The van der Waals surface area contributed by atoms with Crippen LogP contribution in [0.2, 0.25) is 0 Å². The summed E-state index contributed by atoms with van der Waals surface area (Å²) in [6, 6.07) is -1.53. The van der Waals surface area contributed by atoms with Gasteiger partial charge in [-0.1, -0.05) is 13.8 Å². The maximum atomic E-state index is 11.1. The normalized spacial score (nSPS) is 11.9. The van der Waals surface area contributed by atoms with E-state index in [4.69, 9.17) is 10.8 Å². The second-order valence-corrected chi connectivity index (χ2v) is 3.34. The van der Waals surface area contributed by atoms with Crippen molar-refractivity contribution in [1.29, 1.82) is 0 Å². The van der Waals surface area contributed by atoms with E-state index in [9.17, 15) is 14.4 Å². The van der Waals surface area contributed by atoms with Crippen molar-refractivity contribution in [2.75, 3.05) is 6.54 Å². The summed E-state index contributed by atoms with van der Waals surface area (Å²) in [5.41, 5.74) is 5.04. The minimum Gasteiger partial charge on any atom is -0.480 e. The van der Waals surface area contributed by atoms with Crippen LogP contribution >= 0.6 is 0 Å². The van der Waals surface area contributed by atoms with Gasteiger partial charge in [0.2, 0.25) is 5.91 Å². The first-order valence-corrected chi connectivity index (χ1v) is 4.40. The van der Waals surface area contributed by atoms with Crippen molar-refractivity contribution in [3.05, 3.63) is 0 Å². The van der Waals surface area contributed by atoms with Crippen molar-refractivity contribution in [2.45, 2.75) is 19.9 Å². The summed E-state index contributed by atoms with van der Waals surface area (Å²) in [6.45, 7) is 2.93. The molecule has 0 aromatic rings. The van der Waals surface area contributed by atoms with E-state index in [-0.39, 0.29) is 5.92 Å². The number of nitrogens with one attached hydrogen (secondary N) is 2. The van der Waals surface area contributed by atoms with Crippen molar-refractivity contribution in [3.8, 4) is 0 Å². The second kappa shape index (κ2) is 5.84. The van der Waals surface area contributed by atoms with E-state index in [1.165, 1.54) is 0 Å². The quantitative estimate of drug-likeness (QED) is 0.466. The third-order valence-corrected chi connectivity index (χ3v) is 1.66. The summed E-state index contributed by atoms with van der Waals surface area (Å²) >= 11 is 0. The van der Waals surface area contributed by atoms with Gasteiger partial charge in [-0.3, -0.25) is 9.59 Å². The summed E-state index contributed by atoms with van der Waals surface area (Å²) in [5, 5.41) is 12.6. The van der Waals surface area contributed by atoms with Crippen LogP contribution in [0.5, 0.6) is 0 Å². The number of carboxylic acids is 1. The summed E-state index contributed by atoms with van der Waals surface area (Å²) in [5.74, 6) is -1.97. The van der Waals surface area contributed by atoms with Crippen LogP contribution in [0, 0.1) is 5.92 Å². The van der Waals surface area contributed by atoms with E-state index in [1.807, 2.05) is 0 Å². The van der Waals surface area contributed by atoms with E-state index >= 15 is 0 Å². The third kappa shape index (κ3) is 5.50. The van der Waals surface area contributed by atoms with E-state index in [0.717, 1.165) is 0 Å². The molecule has 3 amide bonds. The van der Waals surface area contributed by atoms with Gasteiger partial charge in [0.15, 0.2) is 0 Å². The number of primary amides is 1. The van der Waals surface area contributed by atoms with Crippen molar-refractivity contribution in [1.82, 2.24) is 10.6 Å². The van der Waals surface area contributed by atoms with Gasteiger partial charge in [-0.2, -0.15) is 0 Å². The average Bonchev–Trinajstić information content (AvgIpc) is 2.09. The highest BCUT2D eigenvalue weighted by Crippen LogP contribution is 1.99. The Kier molecular flexibility index (Phi) is 5.14. The molecule has 5 N–H and O–H groups in total. The van der Waals surface area contributed by atoms with Gasteiger partial charge in [-0.25, -0.2) is 4.79 Å². The van der Waals surface area contributed by atoms with Crippen LogP contribution in [0.25, 0.3) is 0 Å². The molecule has 0 fully saturated rings. The largest absolute Gasteiger partial charge is 0.480 e. The summed E-state index contributed by atoms with van der Waals surface area (Å²) in [7, 11) is 0. The van der Waals surface area contributed by atoms with Crippen molar-refractivity contribution < 1.29 is 19.5 Å². The number of urea groups is 1. The molecule has 0 aliphatic heterocycles. The number of rotatable bonds is 5. The van der Waals surface area contributed by atoms with Crippen LogP contribution in [-0.2, 0) is 9.59 Å². The lowest BCUT2D eigenvalue weighted by Crippen LogP contribution is -2.51. The minimum absolute atomic E-state index is 0.155. The molecule has 0 saturated heterocycles. The Labute approximate surface area is 87.0 Å². The molecule has 0 spiro atoms. The number of carbonyl (C=O) groups excluding carboxylic acids is 2. The molecule has 7 heteroatoms. The van der Waals surface area contributed by atoms with Crippen LogP contribution in [0.15, 0.2) is 0 Å². The molecule has 86 valence electrons. The fraction of sp³-hybridized carbons (Fsp3) is 0.625. The fourth-order valence-electron chi connectivity index (χ4n) is 0.914. The molecular formula is C8H15N3O4. The standard InChI is InChI=1S/C8H15N3O4/c1-4(2)6(7(9)14)11-8(15)10-3-5(12)13/h4,6H,3H2,1-2H3,(H2,9,14)(H,12,13)(H2,10,11,15). The lowest BCUT2D eigenvalue weighted by Gasteiger charge is -2.18. The lowest BCUT2D eigenvalue weighted by molar-refractivity contribution is -0.135. The molecule has 0 heterocycles. The van der Waals surface area contributed by atoms with Crippen LogP contribution in [-0.4, -0.2) is 35.6 Å². The Balaban J connectivity index is 4.12. The van der Waals surface area contributed by atoms with Crippen LogP contribution in [0.1, 0.15) is 13.8 Å². The first-order chi connectivity index (χ1) is 6.84. The molecule has 1 unspecified atom stereocenters. The zero-order valence-electron chi connectivity index (χ0n) is 8.61. The third-order valence-electron chi connectivity index (χ3n) is 1.66. The molecule has 0 bridgehead atoms. The van der Waals surface area contributed by atoms with Gasteiger partial charge in [-0.05, 0) is 5.92 Å². The fourth-order valence-corrected chi connectivity index (χ4v) is 0.914. The SMILES string of the molecule is CC(C)C(NC(=O)NCC(=O)O)C(N)=O. The molecule has 1 atom stereocenters. The Morgan fingerprint density at radius 1 is 1.33 bits per heavy atom. The summed E-state index contributed by atoms with van der Waals surface area (Å²) in [6.07, 6.45) is 0. The Bertz CT molecular complexity index is 265. The smallest absolute Gasteiger partial charge is 0.323 e. The van der Waals surface area contributed by atoms with Gasteiger partial charge < -0.3 is 21.5 Å². The number of aliphatic carboxylic acids is 1. The first kappa shape index (κ1) is 13.2. The molecule has 7 nitrogen and oxygen atoms in total. The van der Waals surface area contributed by atoms with Crippen LogP contribution in [0.3, 0.4) is 0 Å². The van der Waals surface area contributed by atoms with Gasteiger partial charge in [0, 0.05) is 0 Å². The molecule has 0 rings (SSSR count). The van der Waals surface area contributed by atoms with Gasteiger partial charge in [-0.15, -0.1) is 0 Å². The topological polar surface area (TPSA) is 122 Å². The molecule has 0 aromatic heterocycles. The molecule has 0 radical (unpaired) electrons. The molecule has 0 aromatic carbocycles. The molecule has 15 heavy (non-hydrogen) atoms. The predicted octanol–water partition coefficient (Wildman–Crippen LogP) is -1.12. The van der Waals surface area contributed by atoms with E-state index < -0.39 is 30.5 Å². The Morgan fingerprint density at radius 2 is 1.87 bits per heavy atom. The molecule has 0 aliphatic rings. The molecular weight excluding hydrogens is 202 g/mol. The van der Waals surface area contributed by atoms with Gasteiger partial charge in [0.25, 0.3) is 0 Å². The monoisotopic (exact) mass is 217 g/mol. The first-order valence-electron chi connectivity index (χ1n) is 4.40. The number of carboxylic acid groups (broad SMARTS) is 1. The summed E-state index contributed by atoms with van der Waals surface area (Å²) in [4.78, 5) is 32.1. The number of hydrogen-bond donors (Lipinski definition) is 4. The minimum atomic E-state index is -1.16. The van der Waals surface area contributed by atoms with Gasteiger partial charge >= 0.3 is 12.0 Å². The maximum absolute atomic E-state index is 11.1. The maximum Gasteiger partial charge on any atom is 0.323 e. The second-order valence-electron chi connectivity index (χ2n) is 3.34.